The molecular formula is C13H13BrN2O3S. The number of phenolic OH excluding ortho intramolecular Hbond substituents is 1. The van der Waals surface area contributed by atoms with Crippen LogP contribution >= 0.6 is 28.1 Å². The minimum atomic E-state index is -0.431. The lowest BCUT2D eigenvalue weighted by molar-refractivity contribution is -0.136. The molecule has 1 heterocycles. The van der Waals surface area contributed by atoms with Crippen molar-refractivity contribution in [2.24, 2.45) is 0 Å². The Labute approximate surface area is 130 Å². The summed E-state index contributed by atoms with van der Waals surface area (Å²) in [5, 5.41) is 15.9. The summed E-state index contributed by atoms with van der Waals surface area (Å²) in [4.78, 5) is 12.0. The van der Waals surface area contributed by atoms with E-state index in [9.17, 15) is 9.90 Å². The Balaban J connectivity index is 2.50. The van der Waals surface area contributed by atoms with Crippen LogP contribution in [0.15, 0.2) is 33.9 Å². The third-order valence-corrected chi connectivity index (χ3v) is 3.83. The molecule has 0 bridgehead atoms. The van der Waals surface area contributed by atoms with Crippen molar-refractivity contribution in [2.75, 3.05) is 7.11 Å². The van der Waals surface area contributed by atoms with Crippen molar-refractivity contribution in [3.63, 3.8) is 0 Å². The quantitative estimate of drug-likeness (QED) is 0.557. The number of hydrogen-bond donors (Lipinski definition) is 3. The maximum Gasteiger partial charge on any atom is 0.337 e. The average molecular weight is 357 g/mol. The van der Waals surface area contributed by atoms with E-state index in [1.54, 1.807) is 25.1 Å². The largest absolute Gasteiger partial charge is 0.507 e. The third kappa shape index (κ3) is 2.78. The normalized spacial score (nSPS) is 18.4. The van der Waals surface area contributed by atoms with Gasteiger partial charge >= 0.3 is 5.97 Å². The number of carbonyl (C=O) groups excluding carboxylic acids is 1. The van der Waals surface area contributed by atoms with E-state index in [-0.39, 0.29) is 5.75 Å². The molecule has 0 spiro atoms. The number of thiocarbonyl (C=S) groups is 1. The molecule has 20 heavy (non-hydrogen) atoms. The van der Waals surface area contributed by atoms with E-state index < -0.39 is 12.0 Å². The summed E-state index contributed by atoms with van der Waals surface area (Å²) < 4.78 is 5.36. The van der Waals surface area contributed by atoms with Gasteiger partial charge in [-0.1, -0.05) is 6.07 Å². The number of nitrogens with one attached hydrogen (secondary N) is 2. The van der Waals surface area contributed by atoms with Gasteiger partial charge in [0.05, 0.1) is 23.2 Å². The molecule has 1 aliphatic rings. The van der Waals surface area contributed by atoms with E-state index in [0.717, 1.165) is 5.56 Å². The first-order valence-electron chi connectivity index (χ1n) is 5.79. The summed E-state index contributed by atoms with van der Waals surface area (Å²) in [5.41, 5.74) is 1.90. The Bertz CT molecular complexity index is 616. The maximum absolute atomic E-state index is 12.0. The summed E-state index contributed by atoms with van der Waals surface area (Å²) in [6.07, 6.45) is 0. The second-order valence-electron chi connectivity index (χ2n) is 4.27. The molecule has 1 atom stereocenters. The first-order chi connectivity index (χ1) is 9.43. The minimum absolute atomic E-state index is 0.130. The van der Waals surface area contributed by atoms with Crippen LogP contribution in [0.4, 0.5) is 0 Å². The fraction of sp³-hybridized carbons (Fsp3) is 0.231. The lowest BCUT2D eigenvalue weighted by atomic mass is 9.95. The summed E-state index contributed by atoms with van der Waals surface area (Å²) >= 11 is 8.38. The molecule has 1 aromatic carbocycles. The highest BCUT2D eigenvalue weighted by atomic mass is 79.9. The van der Waals surface area contributed by atoms with E-state index in [1.807, 2.05) is 0 Å². The van der Waals surface area contributed by atoms with Crippen LogP contribution in [0.25, 0.3) is 0 Å². The van der Waals surface area contributed by atoms with Crippen LogP contribution < -0.4 is 10.6 Å². The molecule has 0 amide bonds. The maximum atomic E-state index is 12.0. The summed E-state index contributed by atoms with van der Waals surface area (Å²) in [6, 6.07) is 4.59. The number of aromatic hydroxyl groups is 1. The molecule has 7 heteroatoms. The molecule has 0 fully saturated rings. The SMILES string of the molecule is COC(=O)C1=C(C)NC(=S)N[C@@H]1c1ccc(O)c(Br)c1. The number of ether oxygens (including phenoxy) is 1. The van der Waals surface area contributed by atoms with Gasteiger partial charge < -0.3 is 20.5 Å². The number of halogens is 1. The molecule has 0 aliphatic carbocycles. The van der Waals surface area contributed by atoms with Gasteiger partial charge in [0.25, 0.3) is 0 Å². The average Bonchev–Trinajstić information content (AvgIpc) is 2.40. The number of rotatable bonds is 2. The third-order valence-electron chi connectivity index (χ3n) is 2.98. The van der Waals surface area contributed by atoms with Crippen LogP contribution in [0.1, 0.15) is 18.5 Å². The Morgan fingerprint density at radius 1 is 1.50 bits per heavy atom. The molecule has 0 aromatic heterocycles. The molecule has 1 aromatic rings. The second-order valence-corrected chi connectivity index (χ2v) is 5.54. The van der Waals surface area contributed by atoms with Crippen molar-refractivity contribution in [2.45, 2.75) is 13.0 Å². The smallest absolute Gasteiger partial charge is 0.337 e. The molecule has 0 radical (unpaired) electrons. The second kappa shape index (κ2) is 5.80. The highest BCUT2D eigenvalue weighted by Crippen LogP contribution is 2.32. The number of hydrogen-bond acceptors (Lipinski definition) is 4. The standard InChI is InChI=1S/C13H13BrN2O3S/c1-6-10(12(18)19-2)11(16-13(20)15-6)7-3-4-9(17)8(14)5-7/h3-5,11,17H,1-2H3,(H2,15,16,20)/t11-/m1/s1. The van der Waals surface area contributed by atoms with Gasteiger partial charge in [-0.25, -0.2) is 4.79 Å². The van der Waals surface area contributed by atoms with Crippen LogP contribution in [0.2, 0.25) is 0 Å². The predicted molar refractivity (Wildman–Crippen MR) is 82.1 cm³/mol. The number of phenols is 1. The van der Waals surface area contributed by atoms with E-state index in [2.05, 4.69) is 26.6 Å². The van der Waals surface area contributed by atoms with E-state index in [1.165, 1.54) is 7.11 Å². The van der Waals surface area contributed by atoms with Crippen LogP contribution in [-0.2, 0) is 9.53 Å². The van der Waals surface area contributed by atoms with Gasteiger partial charge in [-0.05, 0) is 52.8 Å². The molecule has 0 saturated carbocycles. The molecule has 3 N–H and O–H groups in total. The number of allylic oxidation sites excluding steroid dienone is 1. The molecule has 5 nitrogen and oxygen atoms in total. The molecule has 1 aliphatic heterocycles. The van der Waals surface area contributed by atoms with E-state index in [4.69, 9.17) is 17.0 Å². The Hall–Kier alpha value is -1.60. The first kappa shape index (κ1) is 14.8. The molecular weight excluding hydrogens is 344 g/mol. The summed E-state index contributed by atoms with van der Waals surface area (Å²) in [7, 11) is 1.33. The van der Waals surface area contributed by atoms with Gasteiger partial charge in [0, 0.05) is 5.70 Å². The van der Waals surface area contributed by atoms with Crippen molar-refractivity contribution < 1.29 is 14.6 Å². The van der Waals surface area contributed by atoms with Gasteiger partial charge in [-0.3, -0.25) is 0 Å². The topological polar surface area (TPSA) is 70.6 Å². The summed E-state index contributed by atoms with van der Waals surface area (Å²) in [5.74, 6) is -0.301. The van der Waals surface area contributed by atoms with E-state index in [0.29, 0.717) is 20.9 Å². The van der Waals surface area contributed by atoms with Crippen LogP contribution in [-0.4, -0.2) is 23.3 Å². The molecule has 0 unspecified atom stereocenters. The van der Waals surface area contributed by atoms with Crippen molar-refractivity contribution in [3.05, 3.63) is 39.5 Å². The summed E-state index contributed by atoms with van der Waals surface area (Å²) in [6.45, 7) is 1.77. The fourth-order valence-corrected chi connectivity index (χ4v) is 2.69. The lowest BCUT2D eigenvalue weighted by Crippen LogP contribution is -2.45. The minimum Gasteiger partial charge on any atom is -0.507 e. The Morgan fingerprint density at radius 3 is 2.80 bits per heavy atom. The Kier molecular flexibility index (Phi) is 4.29. The van der Waals surface area contributed by atoms with E-state index >= 15 is 0 Å². The van der Waals surface area contributed by atoms with Crippen molar-refractivity contribution in [3.8, 4) is 5.75 Å². The zero-order valence-corrected chi connectivity index (χ0v) is 13.3. The number of esters is 1. The Morgan fingerprint density at radius 2 is 2.20 bits per heavy atom. The van der Waals surface area contributed by atoms with Crippen molar-refractivity contribution >= 4 is 39.2 Å². The zero-order chi connectivity index (χ0) is 14.9. The highest BCUT2D eigenvalue weighted by molar-refractivity contribution is 9.10. The van der Waals surface area contributed by atoms with Gasteiger partial charge in [0.2, 0.25) is 0 Å². The van der Waals surface area contributed by atoms with Gasteiger partial charge in [0.1, 0.15) is 5.75 Å². The van der Waals surface area contributed by atoms with Crippen LogP contribution in [0, 0.1) is 0 Å². The number of methoxy groups -OCH3 is 1. The first-order valence-corrected chi connectivity index (χ1v) is 6.99. The van der Waals surface area contributed by atoms with Crippen LogP contribution in [0.3, 0.4) is 0 Å². The predicted octanol–water partition coefficient (Wildman–Crippen LogP) is 2.12. The van der Waals surface area contributed by atoms with Crippen LogP contribution in [0.5, 0.6) is 5.75 Å². The molecule has 106 valence electrons. The van der Waals surface area contributed by atoms with Gasteiger partial charge in [0.15, 0.2) is 5.11 Å². The molecule has 0 saturated heterocycles. The van der Waals surface area contributed by atoms with Gasteiger partial charge in [-0.2, -0.15) is 0 Å². The number of benzene rings is 1. The van der Waals surface area contributed by atoms with Gasteiger partial charge in [-0.15, -0.1) is 0 Å². The highest BCUT2D eigenvalue weighted by Gasteiger charge is 2.30. The monoisotopic (exact) mass is 356 g/mol. The zero-order valence-electron chi connectivity index (χ0n) is 10.9. The fourth-order valence-electron chi connectivity index (χ4n) is 2.03. The lowest BCUT2D eigenvalue weighted by Gasteiger charge is -2.29. The number of carbonyl (C=O) groups is 1. The van der Waals surface area contributed by atoms with Crippen molar-refractivity contribution in [1.29, 1.82) is 0 Å². The molecule has 2 rings (SSSR count). The van der Waals surface area contributed by atoms with Crippen molar-refractivity contribution in [1.82, 2.24) is 10.6 Å².